The second kappa shape index (κ2) is 8.74. The number of ether oxygens (including phenoxy) is 2. The molecule has 2 saturated heterocycles. The second-order valence-corrected chi connectivity index (χ2v) is 5.02. The number of nitrogens with one attached hydrogen (secondary N) is 1. The minimum absolute atomic E-state index is 0. The van der Waals surface area contributed by atoms with Crippen LogP contribution >= 0.6 is 12.4 Å². The zero-order valence-corrected chi connectivity index (χ0v) is 12.4. The molecule has 0 aromatic heterocycles. The van der Waals surface area contributed by atoms with E-state index in [1.807, 2.05) is 11.8 Å². The molecule has 0 aromatic carbocycles. The van der Waals surface area contributed by atoms with Gasteiger partial charge in [0.2, 0.25) is 0 Å². The van der Waals surface area contributed by atoms with Crippen molar-refractivity contribution in [3.8, 4) is 0 Å². The van der Waals surface area contributed by atoms with Crippen LogP contribution in [0.5, 0.6) is 0 Å². The average Bonchev–Trinajstić information content (AvgIpc) is 2.45. The maximum absolute atomic E-state index is 12.3. The van der Waals surface area contributed by atoms with E-state index >= 15 is 0 Å². The fraction of sp³-hybridized carbons (Fsp3) is 0.923. The van der Waals surface area contributed by atoms with Crippen LogP contribution in [0.2, 0.25) is 0 Å². The molecule has 0 aromatic rings. The summed E-state index contributed by atoms with van der Waals surface area (Å²) in [4.78, 5) is 14.2. The standard InChI is InChI=1S/C13H24N2O3.ClH/c1-2-17-10-11-4-3-6-15(9-11)13(16)12-8-14-5-7-18-12;/h11-12,14H,2-10H2,1H3;1H. The quantitative estimate of drug-likeness (QED) is 0.828. The van der Waals surface area contributed by atoms with Crippen molar-refractivity contribution >= 4 is 18.3 Å². The van der Waals surface area contributed by atoms with Crippen molar-refractivity contribution in [1.29, 1.82) is 0 Å². The van der Waals surface area contributed by atoms with E-state index < -0.39 is 0 Å². The molecule has 1 N–H and O–H groups in total. The molecule has 2 unspecified atom stereocenters. The number of halogens is 1. The van der Waals surface area contributed by atoms with E-state index in [9.17, 15) is 4.79 Å². The maximum atomic E-state index is 12.3. The van der Waals surface area contributed by atoms with Crippen molar-refractivity contribution in [2.45, 2.75) is 25.9 Å². The van der Waals surface area contributed by atoms with Crippen LogP contribution < -0.4 is 5.32 Å². The van der Waals surface area contributed by atoms with Gasteiger partial charge in [-0.3, -0.25) is 4.79 Å². The molecule has 2 fully saturated rings. The fourth-order valence-electron chi connectivity index (χ4n) is 2.61. The Morgan fingerprint density at radius 2 is 2.37 bits per heavy atom. The largest absolute Gasteiger partial charge is 0.381 e. The molecule has 1 amide bonds. The highest BCUT2D eigenvalue weighted by molar-refractivity contribution is 5.85. The highest BCUT2D eigenvalue weighted by atomic mass is 35.5. The van der Waals surface area contributed by atoms with Crippen LogP contribution in [0.25, 0.3) is 0 Å². The summed E-state index contributed by atoms with van der Waals surface area (Å²) < 4.78 is 11.0. The SMILES string of the molecule is CCOCC1CCCN(C(=O)C2CNCCO2)C1.Cl. The second-order valence-electron chi connectivity index (χ2n) is 5.02. The summed E-state index contributed by atoms with van der Waals surface area (Å²) in [6.07, 6.45) is 1.95. The highest BCUT2D eigenvalue weighted by Crippen LogP contribution is 2.18. The van der Waals surface area contributed by atoms with Crippen LogP contribution in [-0.4, -0.2) is 62.9 Å². The molecule has 5 nitrogen and oxygen atoms in total. The molecule has 0 aliphatic carbocycles. The Balaban J connectivity index is 0.00000180. The molecule has 2 atom stereocenters. The first-order valence-corrected chi connectivity index (χ1v) is 7.00. The number of morpholine rings is 1. The van der Waals surface area contributed by atoms with Gasteiger partial charge < -0.3 is 19.7 Å². The lowest BCUT2D eigenvalue weighted by Gasteiger charge is -2.35. The van der Waals surface area contributed by atoms with Gasteiger partial charge >= 0.3 is 0 Å². The number of hydrogen-bond acceptors (Lipinski definition) is 4. The first-order valence-electron chi connectivity index (χ1n) is 7.00. The van der Waals surface area contributed by atoms with Crippen molar-refractivity contribution < 1.29 is 14.3 Å². The molecule has 0 spiro atoms. The van der Waals surface area contributed by atoms with Gasteiger partial charge in [0.15, 0.2) is 0 Å². The number of nitrogens with zero attached hydrogens (tertiary/aromatic N) is 1. The van der Waals surface area contributed by atoms with Gasteiger partial charge in [-0.15, -0.1) is 12.4 Å². The number of carbonyl (C=O) groups is 1. The van der Waals surface area contributed by atoms with E-state index in [2.05, 4.69) is 5.32 Å². The Bertz CT molecular complexity index is 273. The molecule has 2 aliphatic rings. The molecule has 2 aliphatic heterocycles. The molecule has 0 bridgehead atoms. The summed E-state index contributed by atoms with van der Waals surface area (Å²) in [7, 11) is 0. The normalized spacial score (nSPS) is 27.7. The van der Waals surface area contributed by atoms with Gasteiger partial charge in [0, 0.05) is 32.8 Å². The third kappa shape index (κ3) is 4.91. The van der Waals surface area contributed by atoms with Crippen molar-refractivity contribution in [2.75, 3.05) is 46.0 Å². The van der Waals surface area contributed by atoms with Gasteiger partial charge in [0.25, 0.3) is 5.91 Å². The summed E-state index contributed by atoms with van der Waals surface area (Å²) >= 11 is 0. The number of likely N-dealkylation sites (tertiary alicyclic amines) is 1. The maximum Gasteiger partial charge on any atom is 0.253 e. The van der Waals surface area contributed by atoms with Crippen molar-refractivity contribution in [2.24, 2.45) is 5.92 Å². The van der Waals surface area contributed by atoms with Gasteiger partial charge in [0.1, 0.15) is 6.10 Å². The summed E-state index contributed by atoms with van der Waals surface area (Å²) in [6, 6.07) is 0. The van der Waals surface area contributed by atoms with Crippen molar-refractivity contribution in [3.63, 3.8) is 0 Å². The van der Waals surface area contributed by atoms with Crippen LogP contribution in [0.4, 0.5) is 0 Å². The van der Waals surface area contributed by atoms with Crippen LogP contribution in [-0.2, 0) is 14.3 Å². The lowest BCUT2D eigenvalue weighted by molar-refractivity contribution is -0.147. The zero-order valence-electron chi connectivity index (χ0n) is 11.6. The Hall–Kier alpha value is -0.360. The van der Waals surface area contributed by atoms with Crippen LogP contribution in [0, 0.1) is 5.92 Å². The molecule has 0 saturated carbocycles. The molecule has 6 heteroatoms. The molecule has 2 heterocycles. The zero-order chi connectivity index (χ0) is 12.8. The highest BCUT2D eigenvalue weighted by Gasteiger charge is 2.30. The average molecular weight is 293 g/mol. The fourth-order valence-corrected chi connectivity index (χ4v) is 2.61. The van der Waals surface area contributed by atoms with Crippen LogP contribution in [0.1, 0.15) is 19.8 Å². The molecule has 2 rings (SSSR count). The minimum Gasteiger partial charge on any atom is -0.381 e. The molecule has 19 heavy (non-hydrogen) atoms. The Morgan fingerprint density at radius 3 is 3.05 bits per heavy atom. The van der Waals surface area contributed by atoms with Crippen LogP contribution in [0.15, 0.2) is 0 Å². The lowest BCUT2D eigenvalue weighted by atomic mass is 9.98. The van der Waals surface area contributed by atoms with E-state index in [0.29, 0.717) is 19.1 Å². The Kier molecular flexibility index (Phi) is 7.68. The van der Waals surface area contributed by atoms with E-state index in [-0.39, 0.29) is 24.4 Å². The first kappa shape index (κ1) is 16.7. The monoisotopic (exact) mass is 292 g/mol. The third-order valence-corrected chi connectivity index (χ3v) is 3.59. The Morgan fingerprint density at radius 1 is 1.53 bits per heavy atom. The summed E-state index contributed by atoms with van der Waals surface area (Å²) in [5.74, 6) is 0.627. The molecule has 0 radical (unpaired) electrons. The minimum atomic E-state index is -0.287. The van der Waals surface area contributed by atoms with Crippen molar-refractivity contribution in [1.82, 2.24) is 10.2 Å². The van der Waals surface area contributed by atoms with Crippen molar-refractivity contribution in [3.05, 3.63) is 0 Å². The lowest BCUT2D eigenvalue weighted by Crippen LogP contribution is -2.52. The van der Waals surface area contributed by atoms with E-state index in [1.54, 1.807) is 0 Å². The van der Waals surface area contributed by atoms with E-state index in [0.717, 1.165) is 45.7 Å². The summed E-state index contributed by atoms with van der Waals surface area (Å²) in [5.41, 5.74) is 0. The molecule has 112 valence electrons. The smallest absolute Gasteiger partial charge is 0.253 e. The third-order valence-electron chi connectivity index (χ3n) is 3.59. The predicted molar refractivity (Wildman–Crippen MR) is 75.7 cm³/mol. The Labute approximate surface area is 121 Å². The van der Waals surface area contributed by atoms with Gasteiger partial charge in [-0.2, -0.15) is 0 Å². The topological polar surface area (TPSA) is 50.8 Å². The number of amides is 1. The summed E-state index contributed by atoms with van der Waals surface area (Å²) in [5, 5.41) is 3.20. The molecular weight excluding hydrogens is 268 g/mol. The predicted octanol–water partition coefficient (Wildman–Crippen LogP) is 0.672. The van der Waals surface area contributed by atoms with Gasteiger partial charge in [0.05, 0.1) is 13.2 Å². The van der Waals surface area contributed by atoms with Gasteiger partial charge in [-0.25, -0.2) is 0 Å². The van der Waals surface area contributed by atoms with Crippen LogP contribution in [0.3, 0.4) is 0 Å². The first-order chi connectivity index (χ1) is 8.81. The van der Waals surface area contributed by atoms with E-state index in [4.69, 9.17) is 9.47 Å². The number of piperidine rings is 1. The number of rotatable bonds is 4. The summed E-state index contributed by atoms with van der Waals surface area (Å²) in [6.45, 7) is 7.33. The van der Waals surface area contributed by atoms with Gasteiger partial charge in [-0.1, -0.05) is 0 Å². The van der Waals surface area contributed by atoms with Gasteiger partial charge in [-0.05, 0) is 25.7 Å². The molecular formula is C13H25ClN2O3. The van der Waals surface area contributed by atoms with E-state index in [1.165, 1.54) is 0 Å². The number of hydrogen-bond donors (Lipinski definition) is 1. The number of carbonyl (C=O) groups excluding carboxylic acids is 1.